The Morgan fingerprint density at radius 2 is 2.03 bits per heavy atom. The number of anilines is 1. The number of carbonyl (C=O) groups excluding carboxylic acids is 1. The summed E-state index contributed by atoms with van der Waals surface area (Å²) in [4.78, 5) is 16.2. The Morgan fingerprint density at radius 1 is 1.31 bits per heavy atom. The van der Waals surface area contributed by atoms with Gasteiger partial charge in [-0.3, -0.25) is 20.2 Å². The van der Waals surface area contributed by atoms with Crippen LogP contribution in [0.15, 0.2) is 18.2 Å². The molecule has 2 aromatic rings. The lowest BCUT2D eigenvalue weighted by molar-refractivity contribution is -0.121. The molecule has 0 radical (unpaired) electrons. The second-order valence-corrected chi connectivity index (χ2v) is 7.38. The van der Waals surface area contributed by atoms with Crippen LogP contribution in [0.25, 0.3) is 11.0 Å². The molecule has 0 aliphatic heterocycles. The number of aromatic nitrogens is 2. The molecule has 1 heterocycles. The number of nitrogens with zero attached hydrogens (tertiary/aromatic N) is 2. The normalized spacial score (nSPS) is 10.9. The highest BCUT2D eigenvalue weighted by Crippen LogP contribution is 2.19. The van der Waals surface area contributed by atoms with Crippen molar-refractivity contribution in [2.45, 2.75) is 46.5 Å². The van der Waals surface area contributed by atoms with Gasteiger partial charge in [-0.25, -0.2) is 4.98 Å². The van der Waals surface area contributed by atoms with E-state index in [1.807, 2.05) is 39.0 Å². The van der Waals surface area contributed by atoms with Crippen LogP contribution in [0.1, 0.15) is 49.3 Å². The summed E-state index contributed by atoms with van der Waals surface area (Å²) in [5, 5.41) is 22.9. The first-order valence-corrected chi connectivity index (χ1v) is 10.1. The Balaban J connectivity index is 0.00000450. The Bertz CT molecular complexity index is 930. The van der Waals surface area contributed by atoms with E-state index in [2.05, 4.69) is 15.6 Å². The molecule has 0 unspecified atom stereocenters. The average Bonchev–Trinajstić information content (AvgIpc) is 2.69. The van der Waals surface area contributed by atoms with Crippen LogP contribution < -0.4 is 20.9 Å². The fraction of sp³-hybridized carbons (Fsp3) is 0.524. The molecule has 8 nitrogen and oxygen atoms in total. The maximum Gasteiger partial charge on any atom is 0.220 e. The summed E-state index contributed by atoms with van der Waals surface area (Å²) in [7, 11) is 1.60. The molecule has 0 saturated carbocycles. The zero-order valence-electron chi connectivity index (χ0n) is 17.8. The van der Waals surface area contributed by atoms with Gasteiger partial charge in [0.1, 0.15) is 11.6 Å². The number of hydrogen-bond donors (Lipinski definition) is 4. The zero-order valence-corrected chi connectivity index (χ0v) is 17.8. The lowest BCUT2D eigenvalue weighted by atomic mass is 10.1. The number of benzene rings is 1. The minimum Gasteiger partial charge on any atom is -0.497 e. The fourth-order valence-corrected chi connectivity index (χ4v) is 3.00. The van der Waals surface area contributed by atoms with Crippen molar-refractivity contribution in [3.63, 3.8) is 0 Å². The number of ether oxygens (including phenoxy) is 1. The number of fused-ring (bicyclic) bond motifs is 1. The van der Waals surface area contributed by atoms with E-state index in [-0.39, 0.29) is 14.2 Å². The molecular weight excluding hydrogens is 368 g/mol. The second kappa shape index (κ2) is 10.6. The largest absolute Gasteiger partial charge is 0.497 e. The number of amides is 1. The third kappa shape index (κ3) is 6.04. The van der Waals surface area contributed by atoms with Crippen molar-refractivity contribution in [2.24, 2.45) is 5.92 Å². The van der Waals surface area contributed by atoms with Crippen LogP contribution in [0, 0.1) is 16.7 Å². The maximum atomic E-state index is 11.7. The monoisotopic (exact) mass is 404 g/mol. The molecule has 8 heteroatoms. The molecule has 1 amide bonds. The molecule has 0 aliphatic rings. The van der Waals surface area contributed by atoms with Gasteiger partial charge < -0.3 is 15.4 Å². The van der Waals surface area contributed by atoms with Crippen molar-refractivity contribution < 1.29 is 12.4 Å². The molecule has 162 valence electrons. The number of carbonyl (C=O) groups is 1. The van der Waals surface area contributed by atoms with E-state index in [0.29, 0.717) is 60.3 Å². The van der Waals surface area contributed by atoms with E-state index in [4.69, 9.17) is 15.6 Å². The van der Waals surface area contributed by atoms with Crippen molar-refractivity contribution in [3.05, 3.63) is 23.7 Å². The van der Waals surface area contributed by atoms with Gasteiger partial charge in [0, 0.05) is 34.9 Å². The zero-order chi connectivity index (χ0) is 21.4. The predicted octanol–water partition coefficient (Wildman–Crippen LogP) is 3.61. The van der Waals surface area contributed by atoms with Crippen molar-refractivity contribution in [3.8, 4) is 5.75 Å². The number of hydrogen-bond acceptors (Lipinski definition) is 6. The average molecular weight is 405 g/mol. The molecule has 1 aromatic carbocycles. The Morgan fingerprint density at radius 3 is 2.69 bits per heavy atom. The van der Waals surface area contributed by atoms with Gasteiger partial charge in [0.2, 0.25) is 5.91 Å². The first kappa shape index (κ1) is 22.4. The van der Waals surface area contributed by atoms with Gasteiger partial charge in [-0.05, 0) is 30.9 Å². The third-order valence-corrected chi connectivity index (χ3v) is 4.52. The number of nitrogens with one attached hydrogen (secondary N) is 4. The topological polar surface area (TPSA) is 116 Å². The van der Waals surface area contributed by atoms with Crippen LogP contribution in [0.3, 0.4) is 0 Å². The van der Waals surface area contributed by atoms with Crippen LogP contribution >= 0.6 is 0 Å². The summed E-state index contributed by atoms with van der Waals surface area (Å²) in [6, 6.07) is 5.44. The predicted molar refractivity (Wildman–Crippen MR) is 120 cm³/mol. The van der Waals surface area contributed by atoms with Crippen molar-refractivity contribution in [1.29, 1.82) is 10.8 Å². The maximum absolute atomic E-state index is 11.7. The highest BCUT2D eigenvalue weighted by Gasteiger charge is 2.12. The van der Waals surface area contributed by atoms with Gasteiger partial charge in [0.05, 0.1) is 18.1 Å². The van der Waals surface area contributed by atoms with E-state index >= 15 is 0 Å². The second-order valence-electron chi connectivity index (χ2n) is 7.38. The highest BCUT2D eigenvalue weighted by molar-refractivity contribution is 5.92. The summed E-state index contributed by atoms with van der Waals surface area (Å²) < 4.78 is 6.89. The minimum absolute atomic E-state index is 0. The van der Waals surface area contributed by atoms with Crippen LogP contribution in [-0.4, -0.2) is 41.5 Å². The Hall–Kier alpha value is -2.90. The standard InChI is InChI=1S/C21H32N6O2.2H2/c1-5-18(22)27-17-9-8-15(29-4)13-16(17)26-21(20(27)23)25-11-7-6-10-24-19(28)12-14(2)3;;/h8-9,13-14,22-23H,5-7,10-12H2,1-4H3,(H,24,28)(H,25,26);2*1H. The molecule has 4 N–H and O–H groups in total. The molecule has 0 spiro atoms. The number of rotatable bonds is 10. The summed E-state index contributed by atoms with van der Waals surface area (Å²) in [5.74, 6) is 1.90. The lowest BCUT2D eigenvalue weighted by Crippen LogP contribution is -2.30. The fourth-order valence-electron chi connectivity index (χ4n) is 3.00. The molecule has 29 heavy (non-hydrogen) atoms. The SMILES string of the molecule is CCC(=N)n1c(=N)c(NCCCCNC(=O)CC(C)C)nc2cc(OC)ccc21.[HH].[HH]. The van der Waals surface area contributed by atoms with Crippen molar-refractivity contribution in [1.82, 2.24) is 14.9 Å². The highest BCUT2D eigenvalue weighted by atomic mass is 16.5. The first-order chi connectivity index (χ1) is 13.9. The van der Waals surface area contributed by atoms with Gasteiger partial charge in [-0.2, -0.15) is 0 Å². The van der Waals surface area contributed by atoms with Crippen LogP contribution in [0.4, 0.5) is 5.82 Å². The Kier molecular flexibility index (Phi) is 8.18. The third-order valence-electron chi connectivity index (χ3n) is 4.52. The lowest BCUT2D eigenvalue weighted by Gasteiger charge is -2.15. The number of methoxy groups -OCH3 is 1. The molecule has 0 fully saturated rings. The molecule has 0 aliphatic carbocycles. The molecule has 0 bridgehead atoms. The van der Waals surface area contributed by atoms with E-state index < -0.39 is 0 Å². The molecule has 0 saturated heterocycles. The van der Waals surface area contributed by atoms with Gasteiger partial charge in [0.25, 0.3) is 0 Å². The summed E-state index contributed by atoms with van der Waals surface area (Å²) >= 11 is 0. The summed E-state index contributed by atoms with van der Waals surface area (Å²) in [5.41, 5.74) is 1.54. The Labute approximate surface area is 174 Å². The first-order valence-electron chi connectivity index (χ1n) is 10.1. The molecule has 1 aromatic heterocycles. The summed E-state index contributed by atoms with van der Waals surface area (Å²) in [6.45, 7) is 7.22. The van der Waals surface area contributed by atoms with Gasteiger partial charge in [-0.1, -0.05) is 20.8 Å². The van der Waals surface area contributed by atoms with Gasteiger partial charge in [-0.15, -0.1) is 0 Å². The molecular formula is C21H36N6O2. The smallest absolute Gasteiger partial charge is 0.220 e. The minimum atomic E-state index is 0. The summed E-state index contributed by atoms with van der Waals surface area (Å²) in [6.07, 6.45) is 2.74. The molecule has 0 atom stereocenters. The molecule has 2 rings (SSSR count). The quantitative estimate of drug-likeness (QED) is 0.275. The van der Waals surface area contributed by atoms with Crippen molar-refractivity contribution >= 4 is 28.6 Å². The number of unbranched alkanes of at least 4 members (excludes halogenated alkanes) is 1. The van der Waals surface area contributed by atoms with Gasteiger partial charge >= 0.3 is 0 Å². The van der Waals surface area contributed by atoms with Gasteiger partial charge in [0.15, 0.2) is 11.3 Å². The van der Waals surface area contributed by atoms with Crippen LogP contribution in [0.5, 0.6) is 5.75 Å². The van der Waals surface area contributed by atoms with Crippen molar-refractivity contribution in [2.75, 3.05) is 25.5 Å². The van der Waals surface area contributed by atoms with E-state index in [0.717, 1.165) is 12.8 Å². The van der Waals surface area contributed by atoms with E-state index in [9.17, 15) is 4.79 Å². The van der Waals surface area contributed by atoms with Crippen LogP contribution in [-0.2, 0) is 4.79 Å². The van der Waals surface area contributed by atoms with E-state index in [1.165, 1.54) is 0 Å². The van der Waals surface area contributed by atoms with E-state index in [1.54, 1.807) is 11.7 Å². The van der Waals surface area contributed by atoms with Crippen LogP contribution in [0.2, 0.25) is 0 Å².